The number of furan rings is 1. The summed E-state index contributed by atoms with van der Waals surface area (Å²) in [6.07, 6.45) is 3.14. The molecule has 3 aromatic rings. The number of hydrogen-bond acceptors (Lipinski definition) is 5. The summed E-state index contributed by atoms with van der Waals surface area (Å²) in [6.45, 7) is 2.47. The molecule has 3 heterocycles. The van der Waals surface area contributed by atoms with Crippen molar-refractivity contribution >= 4 is 17.0 Å². The summed E-state index contributed by atoms with van der Waals surface area (Å²) in [5.41, 5.74) is 1.48. The molecule has 17 heavy (non-hydrogen) atoms. The highest BCUT2D eigenvalue weighted by Gasteiger charge is 2.07. The molecule has 3 aromatic heterocycles. The van der Waals surface area contributed by atoms with E-state index in [4.69, 9.17) is 4.42 Å². The van der Waals surface area contributed by atoms with Gasteiger partial charge in [0.15, 0.2) is 11.5 Å². The van der Waals surface area contributed by atoms with Gasteiger partial charge in [-0.05, 0) is 19.1 Å². The van der Waals surface area contributed by atoms with E-state index in [0.717, 1.165) is 22.9 Å². The molecule has 0 atom stereocenters. The summed E-state index contributed by atoms with van der Waals surface area (Å²) < 4.78 is 5.24. The summed E-state index contributed by atoms with van der Waals surface area (Å²) >= 11 is 0. The number of nitrogens with one attached hydrogen (secondary N) is 2. The van der Waals surface area contributed by atoms with Crippen molar-refractivity contribution < 1.29 is 4.42 Å². The molecule has 0 aliphatic heterocycles. The van der Waals surface area contributed by atoms with Gasteiger partial charge in [0, 0.05) is 0 Å². The van der Waals surface area contributed by atoms with Gasteiger partial charge in [-0.2, -0.15) is 0 Å². The maximum Gasteiger partial charge on any atom is 0.183 e. The van der Waals surface area contributed by atoms with Gasteiger partial charge >= 0.3 is 0 Å². The standard InChI is InChI=1S/C11H11N5O/c1-7-15-9-10(13-6-14-11(9)16-7)12-5-8-3-2-4-17-8/h2-4,6H,5H2,1H3,(H2,12,13,14,15,16). The third-order valence-electron chi connectivity index (χ3n) is 2.42. The van der Waals surface area contributed by atoms with Gasteiger partial charge in [0.1, 0.15) is 23.4 Å². The second kappa shape index (κ2) is 3.89. The highest BCUT2D eigenvalue weighted by Crippen LogP contribution is 2.16. The van der Waals surface area contributed by atoms with Gasteiger partial charge < -0.3 is 14.7 Å². The van der Waals surface area contributed by atoms with Crippen LogP contribution in [0.2, 0.25) is 0 Å². The molecule has 0 saturated carbocycles. The van der Waals surface area contributed by atoms with Crippen molar-refractivity contribution in [2.24, 2.45) is 0 Å². The molecule has 0 radical (unpaired) electrons. The first kappa shape index (κ1) is 9.83. The zero-order valence-corrected chi connectivity index (χ0v) is 9.27. The molecule has 6 nitrogen and oxygen atoms in total. The Kier molecular flexibility index (Phi) is 2.25. The fourth-order valence-electron chi connectivity index (χ4n) is 1.66. The van der Waals surface area contributed by atoms with Gasteiger partial charge in [-0.15, -0.1) is 0 Å². The molecule has 2 N–H and O–H groups in total. The van der Waals surface area contributed by atoms with Crippen molar-refractivity contribution in [1.29, 1.82) is 0 Å². The number of aromatic amines is 1. The van der Waals surface area contributed by atoms with Crippen molar-refractivity contribution in [3.05, 3.63) is 36.3 Å². The molecule has 86 valence electrons. The minimum atomic E-state index is 0.581. The third kappa shape index (κ3) is 1.84. The van der Waals surface area contributed by atoms with Crippen molar-refractivity contribution in [3.8, 4) is 0 Å². The molecule has 0 saturated heterocycles. The van der Waals surface area contributed by atoms with E-state index in [-0.39, 0.29) is 0 Å². The van der Waals surface area contributed by atoms with Gasteiger partial charge in [-0.25, -0.2) is 15.0 Å². The molecule has 0 aliphatic rings. The van der Waals surface area contributed by atoms with Crippen LogP contribution in [0.15, 0.2) is 29.1 Å². The first-order valence-corrected chi connectivity index (χ1v) is 5.26. The van der Waals surface area contributed by atoms with Crippen molar-refractivity contribution in [2.75, 3.05) is 5.32 Å². The van der Waals surface area contributed by atoms with Crippen molar-refractivity contribution in [3.63, 3.8) is 0 Å². The van der Waals surface area contributed by atoms with E-state index in [1.165, 1.54) is 6.33 Å². The first-order chi connectivity index (χ1) is 8.33. The maximum absolute atomic E-state index is 5.24. The summed E-state index contributed by atoms with van der Waals surface area (Å²) in [5, 5.41) is 3.19. The number of nitrogens with zero attached hydrogens (tertiary/aromatic N) is 3. The molecule has 0 amide bonds. The minimum absolute atomic E-state index is 0.581. The Morgan fingerprint density at radius 2 is 2.35 bits per heavy atom. The van der Waals surface area contributed by atoms with Crippen LogP contribution >= 0.6 is 0 Å². The molecule has 0 bridgehead atoms. The number of fused-ring (bicyclic) bond motifs is 1. The second-order valence-corrected chi connectivity index (χ2v) is 3.68. The maximum atomic E-state index is 5.24. The summed E-state index contributed by atoms with van der Waals surface area (Å²) in [4.78, 5) is 15.7. The molecule has 0 aliphatic carbocycles. The average molecular weight is 229 g/mol. The number of hydrogen-bond donors (Lipinski definition) is 2. The van der Waals surface area contributed by atoms with E-state index < -0.39 is 0 Å². The van der Waals surface area contributed by atoms with Gasteiger partial charge in [-0.3, -0.25) is 0 Å². The lowest BCUT2D eigenvalue weighted by Gasteiger charge is -2.03. The number of aryl methyl sites for hydroxylation is 1. The molecule has 0 spiro atoms. The Morgan fingerprint density at radius 3 is 3.18 bits per heavy atom. The number of anilines is 1. The Morgan fingerprint density at radius 1 is 1.41 bits per heavy atom. The molecular formula is C11H11N5O. The van der Waals surface area contributed by atoms with E-state index in [0.29, 0.717) is 12.2 Å². The van der Waals surface area contributed by atoms with Crippen LogP contribution in [0.25, 0.3) is 11.2 Å². The summed E-state index contributed by atoms with van der Waals surface area (Å²) in [7, 11) is 0. The molecule has 0 unspecified atom stereocenters. The smallest absolute Gasteiger partial charge is 0.183 e. The number of aromatic nitrogens is 4. The fourth-order valence-corrected chi connectivity index (χ4v) is 1.66. The third-order valence-corrected chi connectivity index (χ3v) is 2.42. The van der Waals surface area contributed by atoms with Crippen LogP contribution in [0.3, 0.4) is 0 Å². The lowest BCUT2D eigenvalue weighted by atomic mass is 10.4. The topological polar surface area (TPSA) is 79.6 Å². The Hall–Kier alpha value is -2.37. The van der Waals surface area contributed by atoms with Crippen LogP contribution in [0.4, 0.5) is 5.82 Å². The van der Waals surface area contributed by atoms with Gasteiger partial charge in [0.25, 0.3) is 0 Å². The average Bonchev–Trinajstić information content (AvgIpc) is 2.93. The van der Waals surface area contributed by atoms with Crippen LogP contribution in [0, 0.1) is 6.92 Å². The Bertz CT molecular complexity index is 628. The molecule has 3 rings (SSSR count). The Labute approximate surface area is 97.1 Å². The van der Waals surface area contributed by atoms with Crippen LogP contribution in [0.1, 0.15) is 11.6 Å². The van der Waals surface area contributed by atoms with Gasteiger partial charge in [0.2, 0.25) is 0 Å². The Balaban J connectivity index is 1.89. The van der Waals surface area contributed by atoms with Crippen LogP contribution in [-0.2, 0) is 6.54 Å². The normalized spacial score (nSPS) is 10.9. The van der Waals surface area contributed by atoms with Gasteiger partial charge in [-0.1, -0.05) is 0 Å². The first-order valence-electron chi connectivity index (χ1n) is 5.26. The van der Waals surface area contributed by atoms with Crippen LogP contribution in [-0.4, -0.2) is 19.9 Å². The minimum Gasteiger partial charge on any atom is -0.467 e. The lowest BCUT2D eigenvalue weighted by molar-refractivity contribution is 0.518. The van der Waals surface area contributed by atoms with Crippen molar-refractivity contribution in [1.82, 2.24) is 19.9 Å². The number of H-pyrrole nitrogens is 1. The molecule has 6 heteroatoms. The van der Waals surface area contributed by atoms with E-state index in [2.05, 4.69) is 25.3 Å². The number of imidazole rings is 1. The van der Waals surface area contributed by atoms with E-state index in [1.807, 2.05) is 19.1 Å². The predicted molar refractivity (Wildman–Crippen MR) is 62.5 cm³/mol. The fraction of sp³-hybridized carbons (Fsp3) is 0.182. The van der Waals surface area contributed by atoms with Crippen LogP contribution in [0.5, 0.6) is 0 Å². The predicted octanol–water partition coefficient (Wildman–Crippen LogP) is 1.87. The van der Waals surface area contributed by atoms with E-state index in [9.17, 15) is 0 Å². The van der Waals surface area contributed by atoms with E-state index in [1.54, 1.807) is 6.26 Å². The molecule has 0 fully saturated rings. The monoisotopic (exact) mass is 229 g/mol. The zero-order chi connectivity index (χ0) is 11.7. The summed E-state index contributed by atoms with van der Waals surface area (Å²) in [5.74, 6) is 2.40. The summed E-state index contributed by atoms with van der Waals surface area (Å²) in [6, 6.07) is 3.76. The molecule has 0 aromatic carbocycles. The number of rotatable bonds is 3. The van der Waals surface area contributed by atoms with Gasteiger partial charge in [0.05, 0.1) is 12.8 Å². The largest absolute Gasteiger partial charge is 0.467 e. The highest BCUT2D eigenvalue weighted by molar-refractivity contribution is 5.82. The molecular weight excluding hydrogens is 218 g/mol. The quantitative estimate of drug-likeness (QED) is 0.716. The highest BCUT2D eigenvalue weighted by atomic mass is 16.3. The SMILES string of the molecule is Cc1nc2ncnc(NCc3ccco3)c2[nH]1. The van der Waals surface area contributed by atoms with Crippen LogP contribution < -0.4 is 5.32 Å². The van der Waals surface area contributed by atoms with E-state index >= 15 is 0 Å². The van der Waals surface area contributed by atoms with Crippen molar-refractivity contribution in [2.45, 2.75) is 13.5 Å². The second-order valence-electron chi connectivity index (χ2n) is 3.68. The zero-order valence-electron chi connectivity index (χ0n) is 9.27. The lowest BCUT2D eigenvalue weighted by Crippen LogP contribution is -2.01.